The first-order valence-corrected chi connectivity index (χ1v) is 12.5. The Hall–Kier alpha value is -3.88. The number of carbonyl (C=O) groups is 1. The molecule has 2 N–H and O–H groups in total. The number of ether oxygens (including phenoxy) is 2. The SMILES string of the molecule is CCOc1cc(/C=N\NC(=O)c2ccc(-c3csc(Nc4ccc(C)cc4)n3)cc2)cc(Cl)c1OC. The van der Waals surface area contributed by atoms with E-state index >= 15 is 0 Å². The molecule has 4 aromatic rings. The summed E-state index contributed by atoms with van der Waals surface area (Å²) in [6, 6.07) is 18.8. The fraction of sp³-hybridized carbons (Fsp3) is 0.148. The Kier molecular flexibility index (Phi) is 8.20. The monoisotopic (exact) mass is 520 g/mol. The van der Waals surface area contributed by atoms with E-state index in [1.54, 1.807) is 24.3 Å². The number of methoxy groups -OCH3 is 1. The average Bonchev–Trinajstić information content (AvgIpc) is 3.34. The molecule has 0 aliphatic heterocycles. The predicted molar refractivity (Wildman–Crippen MR) is 146 cm³/mol. The molecule has 0 radical (unpaired) electrons. The molecule has 0 unspecified atom stereocenters. The van der Waals surface area contributed by atoms with Crippen LogP contribution in [-0.4, -0.2) is 30.8 Å². The van der Waals surface area contributed by atoms with E-state index in [0.717, 1.165) is 22.1 Å². The topological polar surface area (TPSA) is 84.8 Å². The number of nitrogens with one attached hydrogen (secondary N) is 2. The van der Waals surface area contributed by atoms with Gasteiger partial charge in [0.05, 0.1) is 30.6 Å². The lowest BCUT2D eigenvalue weighted by Gasteiger charge is -2.11. The van der Waals surface area contributed by atoms with Crippen molar-refractivity contribution in [2.45, 2.75) is 13.8 Å². The Morgan fingerprint density at radius 2 is 1.89 bits per heavy atom. The van der Waals surface area contributed by atoms with Crippen LogP contribution in [0.25, 0.3) is 11.3 Å². The number of hydrogen-bond donors (Lipinski definition) is 2. The zero-order chi connectivity index (χ0) is 25.5. The number of amides is 1. The minimum atomic E-state index is -0.331. The summed E-state index contributed by atoms with van der Waals surface area (Å²) in [5.41, 5.74) is 7.62. The highest BCUT2D eigenvalue weighted by atomic mass is 35.5. The fourth-order valence-electron chi connectivity index (χ4n) is 3.37. The van der Waals surface area contributed by atoms with Crippen LogP contribution in [0.5, 0.6) is 11.5 Å². The van der Waals surface area contributed by atoms with E-state index in [1.165, 1.54) is 30.2 Å². The van der Waals surface area contributed by atoms with Gasteiger partial charge in [-0.3, -0.25) is 4.79 Å². The summed E-state index contributed by atoms with van der Waals surface area (Å²) < 4.78 is 10.8. The van der Waals surface area contributed by atoms with Gasteiger partial charge in [-0.05, 0) is 55.8 Å². The van der Waals surface area contributed by atoms with Crippen molar-refractivity contribution in [3.05, 3.63) is 87.8 Å². The maximum Gasteiger partial charge on any atom is 0.271 e. The molecular formula is C27H25ClN4O3S. The number of anilines is 2. The van der Waals surface area contributed by atoms with Crippen molar-refractivity contribution in [3.8, 4) is 22.8 Å². The number of thiazole rings is 1. The molecule has 1 heterocycles. The van der Waals surface area contributed by atoms with Gasteiger partial charge in [0.1, 0.15) is 0 Å². The van der Waals surface area contributed by atoms with E-state index in [2.05, 4.69) is 39.9 Å². The first-order chi connectivity index (χ1) is 17.5. The number of hydrogen-bond acceptors (Lipinski definition) is 7. The van der Waals surface area contributed by atoms with E-state index in [9.17, 15) is 4.79 Å². The van der Waals surface area contributed by atoms with Crippen LogP contribution in [0.3, 0.4) is 0 Å². The van der Waals surface area contributed by atoms with E-state index in [-0.39, 0.29) is 5.91 Å². The van der Waals surface area contributed by atoms with Crippen LogP contribution < -0.4 is 20.2 Å². The molecule has 7 nitrogen and oxygen atoms in total. The molecule has 1 aromatic heterocycles. The second kappa shape index (κ2) is 11.7. The van der Waals surface area contributed by atoms with Crippen molar-refractivity contribution in [2.75, 3.05) is 19.0 Å². The van der Waals surface area contributed by atoms with Gasteiger partial charge in [0.2, 0.25) is 0 Å². The Morgan fingerprint density at radius 3 is 2.58 bits per heavy atom. The average molecular weight is 521 g/mol. The Balaban J connectivity index is 1.38. The minimum absolute atomic E-state index is 0.331. The van der Waals surface area contributed by atoms with E-state index in [4.69, 9.17) is 21.1 Å². The number of rotatable bonds is 9. The number of aromatic nitrogens is 1. The Labute approximate surface area is 218 Å². The third-order valence-electron chi connectivity index (χ3n) is 5.17. The molecule has 0 bridgehead atoms. The summed E-state index contributed by atoms with van der Waals surface area (Å²) in [5.74, 6) is 0.635. The van der Waals surface area contributed by atoms with Crippen molar-refractivity contribution in [1.29, 1.82) is 0 Å². The van der Waals surface area contributed by atoms with E-state index in [1.807, 2.05) is 36.6 Å². The predicted octanol–water partition coefficient (Wildman–Crippen LogP) is 6.69. The molecule has 0 aliphatic rings. The Morgan fingerprint density at radius 1 is 1.14 bits per heavy atom. The summed E-state index contributed by atoms with van der Waals surface area (Å²) in [7, 11) is 1.53. The highest BCUT2D eigenvalue weighted by molar-refractivity contribution is 7.14. The summed E-state index contributed by atoms with van der Waals surface area (Å²) in [6.45, 7) is 4.39. The smallest absolute Gasteiger partial charge is 0.271 e. The van der Waals surface area contributed by atoms with E-state index < -0.39 is 0 Å². The first-order valence-electron chi connectivity index (χ1n) is 11.2. The second-order valence-electron chi connectivity index (χ2n) is 7.77. The number of carbonyl (C=O) groups excluding carboxylic acids is 1. The van der Waals surface area contributed by atoms with Crippen molar-refractivity contribution >= 4 is 45.9 Å². The van der Waals surface area contributed by atoms with Gasteiger partial charge >= 0.3 is 0 Å². The normalized spacial score (nSPS) is 10.9. The summed E-state index contributed by atoms with van der Waals surface area (Å²) in [5, 5.41) is 10.5. The highest BCUT2D eigenvalue weighted by Crippen LogP contribution is 2.36. The molecule has 36 heavy (non-hydrogen) atoms. The van der Waals surface area contributed by atoms with Crippen molar-refractivity contribution in [1.82, 2.24) is 10.4 Å². The minimum Gasteiger partial charge on any atom is -0.491 e. The fourth-order valence-corrected chi connectivity index (χ4v) is 4.41. The third kappa shape index (κ3) is 6.21. The van der Waals surface area contributed by atoms with Crippen molar-refractivity contribution in [2.24, 2.45) is 5.10 Å². The summed E-state index contributed by atoms with van der Waals surface area (Å²) in [6.07, 6.45) is 1.50. The second-order valence-corrected chi connectivity index (χ2v) is 9.04. The van der Waals surface area contributed by atoms with Gasteiger partial charge in [0.25, 0.3) is 5.91 Å². The molecule has 1 amide bonds. The van der Waals surface area contributed by atoms with E-state index in [0.29, 0.717) is 34.3 Å². The zero-order valence-electron chi connectivity index (χ0n) is 20.0. The van der Waals surface area contributed by atoms with Crippen LogP contribution in [0.1, 0.15) is 28.4 Å². The zero-order valence-corrected chi connectivity index (χ0v) is 21.6. The molecule has 0 spiro atoms. The van der Waals surface area contributed by atoms with Gasteiger partial charge in [-0.1, -0.05) is 41.4 Å². The lowest BCUT2D eigenvalue weighted by molar-refractivity contribution is 0.0955. The number of halogens is 1. The molecular weight excluding hydrogens is 496 g/mol. The Bertz CT molecular complexity index is 1370. The van der Waals surface area contributed by atoms with Crippen molar-refractivity contribution < 1.29 is 14.3 Å². The van der Waals surface area contributed by atoms with Gasteiger partial charge < -0.3 is 14.8 Å². The quantitative estimate of drug-likeness (QED) is 0.190. The van der Waals surface area contributed by atoms with Gasteiger partial charge in [0.15, 0.2) is 16.6 Å². The largest absolute Gasteiger partial charge is 0.491 e. The lowest BCUT2D eigenvalue weighted by atomic mass is 10.1. The number of aryl methyl sites for hydroxylation is 1. The third-order valence-corrected chi connectivity index (χ3v) is 6.20. The number of nitrogens with zero attached hydrogens (tertiary/aromatic N) is 2. The maximum absolute atomic E-state index is 12.5. The maximum atomic E-state index is 12.5. The number of hydrazone groups is 1. The number of benzene rings is 3. The van der Waals surface area contributed by atoms with Gasteiger partial charge in [0, 0.05) is 22.2 Å². The highest BCUT2D eigenvalue weighted by Gasteiger charge is 2.11. The summed E-state index contributed by atoms with van der Waals surface area (Å²) >= 11 is 7.78. The molecule has 3 aromatic carbocycles. The first kappa shape index (κ1) is 25.2. The summed E-state index contributed by atoms with van der Waals surface area (Å²) in [4.78, 5) is 17.2. The molecule has 4 rings (SSSR count). The standard InChI is InChI=1S/C27H25ClN4O3S/c1-4-35-24-14-18(13-22(28)25(24)34-3)15-29-32-26(33)20-9-7-19(8-10-20)23-16-36-27(31-23)30-21-11-5-17(2)6-12-21/h5-16H,4H2,1-3H3,(H,30,31)(H,32,33)/b29-15-. The molecule has 0 atom stereocenters. The van der Waals surface area contributed by atoms with Crippen LogP contribution in [0.15, 0.2) is 71.1 Å². The van der Waals surface area contributed by atoms with Gasteiger partial charge in [-0.2, -0.15) is 5.10 Å². The molecule has 0 saturated heterocycles. The van der Waals surface area contributed by atoms with Crippen LogP contribution in [-0.2, 0) is 0 Å². The molecule has 9 heteroatoms. The molecule has 0 fully saturated rings. The van der Waals surface area contributed by atoms with Gasteiger partial charge in [-0.25, -0.2) is 10.4 Å². The van der Waals surface area contributed by atoms with Crippen LogP contribution in [0.4, 0.5) is 10.8 Å². The van der Waals surface area contributed by atoms with Crippen LogP contribution in [0.2, 0.25) is 5.02 Å². The molecule has 184 valence electrons. The van der Waals surface area contributed by atoms with Crippen LogP contribution >= 0.6 is 22.9 Å². The molecule has 0 aliphatic carbocycles. The van der Waals surface area contributed by atoms with Crippen molar-refractivity contribution in [3.63, 3.8) is 0 Å². The van der Waals surface area contributed by atoms with Crippen LogP contribution in [0, 0.1) is 6.92 Å². The van der Waals surface area contributed by atoms with Gasteiger partial charge in [-0.15, -0.1) is 11.3 Å². The molecule has 0 saturated carbocycles. The lowest BCUT2D eigenvalue weighted by Crippen LogP contribution is -2.17.